The Morgan fingerprint density at radius 1 is 1.29 bits per heavy atom. The second-order valence-electron chi connectivity index (χ2n) is 8.34. The molecular weight excluding hydrogens is 468 g/mol. The lowest BCUT2D eigenvalue weighted by molar-refractivity contribution is -0.0675. The zero-order valence-electron chi connectivity index (χ0n) is 21.6. The predicted octanol–water partition coefficient (Wildman–Crippen LogP) is 3.38. The summed E-state index contributed by atoms with van der Waals surface area (Å²) in [5.74, 6) is -3.36. The van der Waals surface area contributed by atoms with E-state index < -0.39 is 44.9 Å². The lowest BCUT2D eigenvalue weighted by Crippen LogP contribution is -2.53. The average molecular weight is 495 g/mol. The van der Waals surface area contributed by atoms with Gasteiger partial charge in [-0.1, -0.05) is 11.3 Å². The molecule has 1 aromatic carbocycles. The number of methoxy groups -OCH3 is 1. The maximum absolute atomic E-state index is 14.8. The van der Waals surface area contributed by atoms with Crippen molar-refractivity contribution in [2.24, 2.45) is 0 Å². The number of piperidine rings is 1. The molecule has 3 aromatic heterocycles. The molecule has 13 heteroatoms. The number of alkyl halides is 4. The van der Waals surface area contributed by atoms with E-state index >= 15 is 0 Å². The van der Waals surface area contributed by atoms with E-state index in [2.05, 4.69) is 25.7 Å². The van der Waals surface area contributed by atoms with Crippen LogP contribution in [0.1, 0.15) is 16.6 Å². The fourth-order valence-electron chi connectivity index (χ4n) is 4.25. The maximum Gasteiger partial charge on any atom is 0.280 e. The molecule has 4 aromatic rings. The molecule has 0 bridgehead atoms. The zero-order valence-corrected chi connectivity index (χ0v) is 18.6. The zero-order chi connectivity index (χ0) is 27.2. The van der Waals surface area contributed by atoms with E-state index in [0.29, 0.717) is 27.7 Å². The molecule has 0 amide bonds. The van der Waals surface area contributed by atoms with Gasteiger partial charge in [-0.2, -0.15) is 4.98 Å². The minimum Gasteiger partial charge on any atom is -0.479 e. The summed E-state index contributed by atoms with van der Waals surface area (Å²) < 4.78 is 86.5. The predicted molar refractivity (Wildman–Crippen MR) is 122 cm³/mol. The molecule has 1 unspecified atom stereocenters. The minimum absolute atomic E-state index is 0.0452. The number of anilines is 1. The van der Waals surface area contributed by atoms with Crippen LogP contribution in [0.3, 0.4) is 0 Å². The number of fused-ring (bicyclic) bond motifs is 2. The van der Waals surface area contributed by atoms with Crippen molar-refractivity contribution in [1.29, 1.82) is 0 Å². The van der Waals surface area contributed by atoms with Crippen LogP contribution < -0.4 is 10.1 Å². The first kappa shape index (κ1) is 19.8. The van der Waals surface area contributed by atoms with Crippen LogP contribution in [0.2, 0.25) is 0 Å². The number of likely N-dealkylation sites (tertiary alicyclic amines) is 1. The van der Waals surface area contributed by atoms with Gasteiger partial charge in [0, 0.05) is 22.4 Å². The topological polar surface area (TPSA) is 85.4 Å². The van der Waals surface area contributed by atoms with Gasteiger partial charge in [0.2, 0.25) is 11.8 Å². The lowest BCUT2D eigenvalue weighted by Gasteiger charge is -2.36. The molecule has 4 heterocycles. The van der Waals surface area contributed by atoms with Crippen molar-refractivity contribution >= 4 is 22.5 Å². The highest BCUT2D eigenvalue weighted by atomic mass is 19.3. The molecule has 5 rings (SSSR count). The van der Waals surface area contributed by atoms with Crippen molar-refractivity contribution in [3.8, 4) is 17.0 Å². The molecule has 1 aliphatic heterocycles. The number of hydrogen-bond acceptors (Lipinski definition) is 7. The minimum atomic E-state index is -3.34. The molecule has 186 valence electrons. The number of aromatic nitrogens is 6. The van der Waals surface area contributed by atoms with E-state index in [1.54, 1.807) is 30.5 Å². The number of hydrogen-bond donors (Lipinski definition) is 1. The summed E-state index contributed by atoms with van der Waals surface area (Å²) in [6.45, 7) is -5.46. The van der Waals surface area contributed by atoms with Gasteiger partial charge in [0.05, 0.1) is 25.2 Å². The Morgan fingerprint density at radius 2 is 2.11 bits per heavy atom. The highest BCUT2D eigenvalue weighted by Gasteiger charge is 2.44. The van der Waals surface area contributed by atoms with E-state index in [0.717, 1.165) is 4.90 Å². The summed E-state index contributed by atoms with van der Waals surface area (Å²) in [6, 6.07) is 4.35. The second kappa shape index (κ2) is 8.95. The fourth-order valence-corrected chi connectivity index (χ4v) is 4.25. The van der Waals surface area contributed by atoms with Crippen LogP contribution in [-0.4, -0.2) is 87.0 Å². The van der Waals surface area contributed by atoms with Gasteiger partial charge in [0.25, 0.3) is 5.92 Å². The van der Waals surface area contributed by atoms with Gasteiger partial charge in [0.1, 0.15) is 30.4 Å². The summed E-state index contributed by atoms with van der Waals surface area (Å²) in [5, 5.41) is 14.8. The van der Waals surface area contributed by atoms with Crippen molar-refractivity contribution in [3.63, 3.8) is 0 Å². The van der Waals surface area contributed by atoms with Gasteiger partial charge in [-0.05, 0) is 37.2 Å². The second-order valence-corrected chi connectivity index (χ2v) is 8.34. The van der Waals surface area contributed by atoms with Gasteiger partial charge >= 0.3 is 0 Å². The standard InChI is InChI=1S/C22H24F4N8O/c1-32-7-6-18(22(25,26)12-32)27-21-28-20(35-2)19-15(5-8-33(19)30-21)13-3-4-16-17(9-13)34(31-29-16)14(10-23)11-24/h3-5,8-9,14,18H,6-7,10-12H2,1-2H3,(H,27,30)/i1D3. The summed E-state index contributed by atoms with van der Waals surface area (Å²) in [6.07, 6.45) is 1.47. The highest BCUT2D eigenvalue weighted by Crippen LogP contribution is 2.34. The third kappa shape index (κ3) is 4.13. The fraction of sp³-hybridized carbons (Fsp3) is 0.455. The summed E-state index contributed by atoms with van der Waals surface area (Å²) in [5.41, 5.74) is 2.60. The Labute approximate surface area is 201 Å². The van der Waals surface area contributed by atoms with E-state index in [-0.39, 0.29) is 24.8 Å². The Bertz CT molecular complexity index is 1460. The smallest absolute Gasteiger partial charge is 0.280 e. The average Bonchev–Trinajstić information content (AvgIpc) is 3.49. The van der Waals surface area contributed by atoms with Gasteiger partial charge in [-0.3, -0.25) is 0 Å². The number of rotatable bonds is 7. The van der Waals surface area contributed by atoms with Gasteiger partial charge in [-0.15, -0.1) is 10.2 Å². The van der Waals surface area contributed by atoms with Crippen LogP contribution in [0, 0.1) is 0 Å². The molecule has 0 saturated carbocycles. The number of halogens is 4. The molecule has 0 radical (unpaired) electrons. The quantitative estimate of drug-likeness (QED) is 0.394. The van der Waals surface area contributed by atoms with Crippen LogP contribution >= 0.6 is 0 Å². The molecule has 1 atom stereocenters. The molecule has 9 nitrogen and oxygen atoms in total. The van der Waals surface area contributed by atoms with Crippen LogP contribution in [0.5, 0.6) is 5.88 Å². The largest absolute Gasteiger partial charge is 0.479 e. The molecule has 0 aliphatic carbocycles. The first-order valence-electron chi connectivity index (χ1n) is 12.4. The van der Waals surface area contributed by atoms with Crippen LogP contribution in [0.15, 0.2) is 30.5 Å². The van der Waals surface area contributed by atoms with Crippen LogP contribution in [0.4, 0.5) is 23.5 Å². The van der Waals surface area contributed by atoms with E-state index in [1.807, 2.05) is 0 Å². The molecule has 1 N–H and O–H groups in total. The molecule has 1 aliphatic rings. The SMILES string of the molecule is [2H]C([2H])([2H])N1CCC(Nc2nc(OC)c3c(-c4ccc5nnn(C(CF)CF)c5c4)ccn3n2)C(F)(F)C1. The van der Waals surface area contributed by atoms with Crippen molar-refractivity contribution in [3.05, 3.63) is 30.5 Å². The van der Waals surface area contributed by atoms with Crippen molar-refractivity contribution in [2.75, 3.05) is 45.8 Å². The van der Waals surface area contributed by atoms with Gasteiger partial charge in [0.15, 0.2) is 0 Å². The van der Waals surface area contributed by atoms with Gasteiger partial charge < -0.3 is 15.0 Å². The van der Waals surface area contributed by atoms with E-state index in [1.165, 1.54) is 16.3 Å². The first-order valence-corrected chi connectivity index (χ1v) is 10.9. The summed E-state index contributed by atoms with van der Waals surface area (Å²) in [7, 11) is 1.38. The van der Waals surface area contributed by atoms with Crippen molar-refractivity contribution < 1.29 is 26.4 Å². The van der Waals surface area contributed by atoms with E-state index in [4.69, 9.17) is 8.85 Å². The Hall–Kier alpha value is -3.48. The highest BCUT2D eigenvalue weighted by molar-refractivity contribution is 5.89. The monoisotopic (exact) mass is 495 g/mol. The molecule has 1 fully saturated rings. The van der Waals surface area contributed by atoms with E-state index in [9.17, 15) is 17.6 Å². The third-order valence-corrected chi connectivity index (χ3v) is 6.06. The lowest BCUT2D eigenvalue weighted by atomic mass is 10.0. The number of ether oxygens (including phenoxy) is 1. The molecule has 0 spiro atoms. The van der Waals surface area contributed by atoms with Crippen molar-refractivity contribution in [2.45, 2.75) is 24.4 Å². The number of nitrogens with one attached hydrogen (secondary N) is 1. The van der Waals surface area contributed by atoms with Crippen molar-refractivity contribution in [1.82, 2.24) is 34.5 Å². The molecule has 1 saturated heterocycles. The molecular formula is C22H24F4N8O. The Morgan fingerprint density at radius 3 is 2.83 bits per heavy atom. The normalized spacial score (nSPS) is 20.2. The maximum atomic E-state index is 14.8. The Kier molecular flexibility index (Phi) is 5.06. The summed E-state index contributed by atoms with van der Waals surface area (Å²) in [4.78, 5) is 5.05. The number of benzene rings is 1. The summed E-state index contributed by atoms with van der Waals surface area (Å²) >= 11 is 0. The van der Waals surface area contributed by atoms with Crippen LogP contribution in [-0.2, 0) is 0 Å². The molecule has 35 heavy (non-hydrogen) atoms. The third-order valence-electron chi connectivity index (χ3n) is 6.06. The van der Waals surface area contributed by atoms with Crippen LogP contribution in [0.25, 0.3) is 27.7 Å². The Balaban J connectivity index is 1.48. The number of nitrogens with zero attached hydrogens (tertiary/aromatic N) is 7. The first-order chi connectivity index (χ1) is 18.1. The van der Waals surface area contributed by atoms with Gasteiger partial charge in [-0.25, -0.2) is 26.8 Å².